The van der Waals surface area contributed by atoms with Gasteiger partial charge in [-0.25, -0.2) is 4.42 Å². The normalized spacial score (nSPS) is 26.3. The maximum absolute atomic E-state index is 11.8. The second kappa shape index (κ2) is 4.89. The second-order valence-corrected chi connectivity index (χ2v) is 5.14. The summed E-state index contributed by atoms with van der Waals surface area (Å²) < 4.78 is 2.74. The highest BCUT2D eigenvalue weighted by Crippen LogP contribution is 2.36. The van der Waals surface area contributed by atoms with Crippen molar-refractivity contribution in [2.45, 2.75) is 58.2 Å². The summed E-state index contributed by atoms with van der Waals surface area (Å²) in [6, 6.07) is -0.272. The predicted octanol–water partition coefficient (Wildman–Crippen LogP) is 3.12. The van der Waals surface area contributed by atoms with E-state index in [1.807, 2.05) is 13.8 Å². The Morgan fingerprint density at radius 2 is 1.93 bits per heavy atom. The van der Waals surface area contributed by atoms with Crippen molar-refractivity contribution in [3.8, 4) is 0 Å². The average Bonchev–Trinajstić information content (AvgIpc) is 2.33. The van der Waals surface area contributed by atoms with Crippen LogP contribution in [0.4, 0.5) is 0 Å². The quantitative estimate of drug-likeness (QED) is 0.567. The van der Waals surface area contributed by atoms with E-state index in [1.54, 1.807) is 0 Å². The first kappa shape index (κ1) is 13.1. The van der Waals surface area contributed by atoms with E-state index in [1.165, 1.54) is 8.84 Å². The molecule has 88 valence electrons. The Morgan fingerprint density at radius 1 is 1.33 bits per heavy atom. The molecule has 1 heterocycles. The molecule has 1 atom stereocenters. The van der Waals surface area contributed by atoms with Crippen LogP contribution in [0.25, 0.3) is 0 Å². The molecule has 0 N–H and O–H groups in total. The summed E-state index contributed by atoms with van der Waals surface area (Å²) in [7, 11) is 0. The van der Waals surface area contributed by atoms with Gasteiger partial charge in [0, 0.05) is 11.8 Å². The van der Waals surface area contributed by atoms with E-state index in [4.69, 9.17) is 23.6 Å². The lowest BCUT2D eigenvalue weighted by Crippen LogP contribution is -2.41. The van der Waals surface area contributed by atoms with Gasteiger partial charge in [-0.1, -0.05) is 26.2 Å². The summed E-state index contributed by atoms with van der Waals surface area (Å²) in [6.07, 6.45) is 4.05. The first-order valence-corrected chi connectivity index (χ1v) is 6.05. The molecule has 1 amide bonds. The summed E-state index contributed by atoms with van der Waals surface area (Å²) in [5.74, 6) is -0.0900. The minimum Gasteiger partial charge on any atom is -0.272 e. The second-order valence-electron chi connectivity index (χ2n) is 4.44. The van der Waals surface area contributed by atoms with Crippen LogP contribution in [0, 0.1) is 0 Å². The van der Waals surface area contributed by atoms with E-state index in [9.17, 15) is 4.79 Å². The molecule has 15 heavy (non-hydrogen) atoms. The highest BCUT2D eigenvalue weighted by atomic mass is 35.5. The minimum atomic E-state index is -0.600. The molecule has 1 rings (SSSR count). The third-order valence-electron chi connectivity index (χ3n) is 2.84. The van der Waals surface area contributed by atoms with Crippen molar-refractivity contribution in [2.75, 3.05) is 0 Å². The van der Waals surface area contributed by atoms with Gasteiger partial charge in [-0.2, -0.15) is 4.42 Å². The number of nitrogens with zero attached hydrogens (tertiary/aromatic N) is 2. The van der Waals surface area contributed by atoms with E-state index >= 15 is 0 Å². The first-order valence-electron chi connectivity index (χ1n) is 5.38. The Kier molecular flexibility index (Phi) is 4.27. The smallest absolute Gasteiger partial charge is 0.257 e. The molecule has 3 nitrogen and oxygen atoms in total. The summed E-state index contributed by atoms with van der Waals surface area (Å²) in [5.41, 5.74) is -0.600. The maximum Gasteiger partial charge on any atom is 0.257 e. The Bertz CT molecular complexity index is 246. The number of rotatable bonds is 4. The summed E-state index contributed by atoms with van der Waals surface area (Å²) >= 11 is 12.0. The Balaban J connectivity index is 2.62. The Morgan fingerprint density at radius 3 is 2.33 bits per heavy atom. The molecule has 0 aromatic heterocycles. The van der Waals surface area contributed by atoms with Gasteiger partial charge in [0.15, 0.2) is 0 Å². The van der Waals surface area contributed by atoms with E-state index in [-0.39, 0.29) is 11.9 Å². The maximum atomic E-state index is 11.8. The topological polar surface area (TPSA) is 23.6 Å². The van der Waals surface area contributed by atoms with Crippen molar-refractivity contribution in [3.63, 3.8) is 0 Å². The lowest BCUT2D eigenvalue weighted by atomic mass is 10.1. The molecule has 1 saturated heterocycles. The number of halogens is 2. The lowest BCUT2D eigenvalue weighted by Gasteiger charge is -2.29. The summed E-state index contributed by atoms with van der Waals surface area (Å²) in [4.78, 5) is 11.8. The van der Waals surface area contributed by atoms with Gasteiger partial charge in [0.2, 0.25) is 0 Å². The van der Waals surface area contributed by atoms with E-state index in [2.05, 4.69) is 6.92 Å². The van der Waals surface area contributed by atoms with Crippen molar-refractivity contribution in [2.24, 2.45) is 0 Å². The van der Waals surface area contributed by atoms with Crippen LogP contribution in [-0.2, 0) is 4.79 Å². The molecule has 1 aliphatic heterocycles. The largest absolute Gasteiger partial charge is 0.272 e. The van der Waals surface area contributed by atoms with Crippen LogP contribution in [0.5, 0.6) is 0 Å². The van der Waals surface area contributed by atoms with E-state index < -0.39 is 5.66 Å². The van der Waals surface area contributed by atoms with Gasteiger partial charge in [0.25, 0.3) is 5.91 Å². The molecule has 0 radical (unpaired) electrons. The number of unbranched alkanes of at least 4 members (excludes halogenated alkanes) is 2. The molecule has 1 aliphatic rings. The van der Waals surface area contributed by atoms with Gasteiger partial charge >= 0.3 is 0 Å². The van der Waals surface area contributed by atoms with Crippen molar-refractivity contribution < 1.29 is 4.79 Å². The van der Waals surface area contributed by atoms with Crippen LogP contribution in [-0.4, -0.2) is 26.4 Å². The van der Waals surface area contributed by atoms with E-state index in [0.717, 1.165) is 25.7 Å². The third-order valence-corrected chi connectivity index (χ3v) is 4.07. The van der Waals surface area contributed by atoms with Crippen molar-refractivity contribution in [1.29, 1.82) is 0 Å². The molecule has 0 aliphatic carbocycles. The Hall–Kier alpha value is 0.01000. The number of hydrogen-bond donors (Lipinski definition) is 0. The van der Waals surface area contributed by atoms with Crippen LogP contribution in [0.1, 0.15) is 46.5 Å². The SMILES string of the molecule is CCCCCC1C(=O)N(Cl)C(C)(C)N1Cl. The number of amides is 1. The molecule has 0 aromatic carbocycles. The molecule has 1 unspecified atom stereocenters. The fourth-order valence-electron chi connectivity index (χ4n) is 1.79. The van der Waals surface area contributed by atoms with Gasteiger partial charge < -0.3 is 0 Å². The molecule has 0 saturated carbocycles. The van der Waals surface area contributed by atoms with Gasteiger partial charge in [-0.05, 0) is 32.0 Å². The molecular formula is C10H18Cl2N2O. The predicted molar refractivity (Wildman–Crippen MR) is 62.4 cm³/mol. The number of carbonyl (C=O) groups excluding carboxylic acids is 1. The zero-order chi connectivity index (χ0) is 11.6. The van der Waals surface area contributed by atoms with Crippen molar-refractivity contribution in [3.05, 3.63) is 0 Å². The van der Waals surface area contributed by atoms with Crippen LogP contribution >= 0.6 is 23.6 Å². The highest BCUT2D eigenvalue weighted by Gasteiger charge is 2.50. The molecule has 5 heteroatoms. The zero-order valence-corrected chi connectivity index (χ0v) is 11.0. The zero-order valence-electron chi connectivity index (χ0n) is 9.46. The monoisotopic (exact) mass is 252 g/mol. The van der Waals surface area contributed by atoms with Gasteiger partial charge in [0.05, 0.1) is 0 Å². The van der Waals surface area contributed by atoms with Crippen LogP contribution < -0.4 is 0 Å². The molecule has 0 spiro atoms. The van der Waals surface area contributed by atoms with Crippen LogP contribution in [0.3, 0.4) is 0 Å². The Labute approximate surface area is 102 Å². The van der Waals surface area contributed by atoms with Crippen molar-refractivity contribution >= 4 is 29.5 Å². The van der Waals surface area contributed by atoms with Gasteiger partial charge in [-0.15, -0.1) is 0 Å². The van der Waals surface area contributed by atoms with Crippen LogP contribution in [0.15, 0.2) is 0 Å². The van der Waals surface area contributed by atoms with Crippen LogP contribution in [0.2, 0.25) is 0 Å². The fourth-order valence-corrected chi connectivity index (χ4v) is 2.28. The number of carbonyl (C=O) groups is 1. The van der Waals surface area contributed by atoms with Gasteiger partial charge in [-0.3, -0.25) is 4.79 Å². The molecule has 0 aromatic rings. The first-order chi connectivity index (χ1) is 6.92. The lowest BCUT2D eigenvalue weighted by molar-refractivity contribution is -0.126. The molecule has 0 bridgehead atoms. The average molecular weight is 253 g/mol. The molecule has 1 fully saturated rings. The molecular weight excluding hydrogens is 235 g/mol. The minimum absolute atomic E-state index is 0.0900. The standard InChI is InChI=1S/C10H18Cl2N2O/c1-4-5-6-7-8-9(15)14(12)10(2,3)13(8)11/h8H,4-7H2,1-3H3. The highest BCUT2D eigenvalue weighted by molar-refractivity contribution is 6.26. The summed E-state index contributed by atoms with van der Waals surface area (Å²) in [5, 5.41) is 0. The van der Waals surface area contributed by atoms with Gasteiger partial charge in [0.1, 0.15) is 11.7 Å². The van der Waals surface area contributed by atoms with E-state index in [0.29, 0.717) is 0 Å². The third kappa shape index (κ3) is 2.40. The summed E-state index contributed by atoms with van der Waals surface area (Å²) in [6.45, 7) is 5.81. The fraction of sp³-hybridized carbons (Fsp3) is 0.900. The number of hydrogen-bond acceptors (Lipinski definition) is 2. The van der Waals surface area contributed by atoms with Crippen molar-refractivity contribution in [1.82, 2.24) is 8.84 Å².